The van der Waals surface area contributed by atoms with Gasteiger partial charge in [-0.3, -0.25) is 9.59 Å². The molecule has 1 aliphatic rings. The Labute approximate surface area is 122 Å². The molecule has 1 aromatic rings. The number of ether oxygens (including phenoxy) is 1. The lowest BCUT2D eigenvalue weighted by molar-refractivity contribution is -0.144. The van der Waals surface area contributed by atoms with Gasteiger partial charge >= 0.3 is 5.97 Å². The molecule has 0 radical (unpaired) electrons. The third kappa shape index (κ3) is 3.12. The van der Waals surface area contributed by atoms with E-state index in [1.165, 1.54) is 31.2 Å². The zero-order chi connectivity index (χ0) is 15.7. The quantitative estimate of drug-likeness (QED) is 0.762. The van der Waals surface area contributed by atoms with Crippen molar-refractivity contribution in [3.8, 4) is 0 Å². The summed E-state index contributed by atoms with van der Waals surface area (Å²) in [7, 11) is -4.01. The standard InChI is InChI=1S/C13H15NO6S/c1-9(15)10-2-4-11(5-3-10)21(18,19)14-13(12(16)17)6-7-20-8-13/h2-5,14H,6-8H2,1H3,(H,16,17). The van der Waals surface area contributed by atoms with Gasteiger partial charge < -0.3 is 9.84 Å². The Balaban J connectivity index is 2.29. The summed E-state index contributed by atoms with van der Waals surface area (Å²) in [4.78, 5) is 22.4. The number of carbonyl (C=O) groups is 2. The highest BCUT2D eigenvalue weighted by Gasteiger charge is 2.46. The number of nitrogens with one attached hydrogen (secondary N) is 1. The number of carboxylic acid groups (broad SMARTS) is 1. The van der Waals surface area contributed by atoms with Crippen LogP contribution in [0.25, 0.3) is 0 Å². The van der Waals surface area contributed by atoms with Crippen molar-refractivity contribution in [2.45, 2.75) is 23.8 Å². The molecule has 0 aliphatic carbocycles. The Bertz CT molecular complexity index is 658. The molecule has 21 heavy (non-hydrogen) atoms. The molecule has 1 heterocycles. The summed E-state index contributed by atoms with van der Waals surface area (Å²) >= 11 is 0. The van der Waals surface area contributed by atoms with E-state index in [9.17, 15) is 23.1 Å². The lowest BCUT2D eigenvalue weighted by Crippen LogP contribution is -2.54. The predicted octanol–water partition coefficient (Wildman–Crippen LogP) is 0.411. The van der Waals surface area contributed by atoms with Gasteiger partial charge in [0.15, 0.2) is 11.3 Å². The minimum atomic E-state index is -4.01. The van der Waals surface area contributed by atoms with E-state index in [4.69, 9.17) is 4.74 Å². The Kier molecular flexibility index (Phi) is 4.13. The molecule has 0 saturated carbocycles. The molecule has 1 fully saturated rings. The minimum absolute atomic E-state index is 0.0626. The van der Waals surface area contributed by atoms with Crippen LogP contribution in [0.5, 0.6) is 0 Å². The van der Waals surface area contributed by atoms with E-state index in [0.717, 1.165) is 0 Å². The summed E-state index contributed by atoms with van der Waals surface area (Å²) < 4.78 is 31.7. The Hall–Kier alpha value is -1.77. The van der Waals surface area contributed by atoms with Gasteiger partial charge in [-0.15, -0.1) is 0 Å². The van der Waals surface area contributed by atoms with Gasteiger partial charge in [0.2, 0.25) is 10.0 Å². The molecule has 0 amide bonds. The van der Waals surface area contributed by atoms with Crippen LogP contribution in [0.1, 0.15) is 23.7 Å². The summed E-state index contributed by atoms with van der Waals surface area (Å²) in [6, 6.07) is 5.31. The van der Waals surface area contributed by atoms with Crippen molar-refractivity contribution in [1.82, 2.24) is 4.72 Å². The van der Waals surface area contributed by atoms with Crippen molar-refractivity contribution >= 4 is 21.8 Å². The number of rotatable bonds is 5. The minimum Gasteiger partial charge on any atom is -0.480 e. The maximum Gasteiger partial charge on any atom is 0.327 e. The lowest BCUT2D eigenvalue weighted by atomic mass is 10.0. The van der Waals surface area contributed by atoms with E-state index in [2.05, 4.69) is 4.72 Å². The van der Waals surface area contributed by atoms with Crippen LogP contribution in [0, 0.1) is 0 Å². The average Bonchev–Trinajstić information content (AvgIpc) is 2.88. The van der Waals surface area contributed by atoms with Crippen molar-refractivity contribution in [3.05, 3.63) is 29.8 Å². The smallest absolute Gasteiger partial charge is 0.327 e. The monoisotopic (exact) mass is 313 g/mol. The summed E-state index contributed by atoms with van der Waals surface area (Å²) in [6.45, 7) is 1.34. The largest absolute Gasteiger partial charge is 0.480 e. The molecular weight excluding hydrogens is 298 g/mol. The second-order valence-electron chi connectivity index (χ2n) is 4.88. The van der Waals surface area contributed by atoms with Crippen LogP contribution in [0.2, 0.25) is 0 Å². The van der Waals surface area contributed by atoms with Crippen LogP contribution in [0.4, 0.5) is 0 Å². The molecule has 1 unspecified atom stereocenters. The van der Waals surface area contributed by atoms with E-state index in [1.807, 2.05) is 0 Å². The molecule has 114 valence electrons. The number of carboxylic acids is 1. The predicted molar refractivity (Wildman–Crippen MR) is 72.6 cm³/mol. The van der Waals surface area contributed by atoms with E-state index in [0.29, 0.717) is 5.56 Å². The molecule has 8 heteroatoms. The van der Waals surface area contributed by atoms with Gasteiger partial charge in [-0.05, 0) is 19.1 Å². The summed E-state index contributed by atoms with van der Waals surface area (Å²) in [5, 5.41) is 9.24. The molecule has 1 atom stereocenters. The molecule has 7 nitrogen and oxygen atoms in total. The van der Waals surface area contributed by atoms with Crippen LogP contribution < -0.4 is 4.72 Å². The molecule has 1 aromatic carbocycles. The van der Waals surface area contributed by atoms with Crippen molar-refractivity contribution in [2.24, 2.45) is 0 Å². The number of aliphatic carboxylic acids is 1. The number of ketones is 1. The van der Waals surface area contributed by atoms with Crippen LogP contribution in [-0.2, 0) is 19.6 Å². The first kappa shape index (κ1) is 15.6. The first-order valence-electron chi connectivity index (χ1n) is 6.23. The van der Waals surface area contributed by atoms with E-state index < -0.39 is 21.5 Å². The summed E-state index contributed by atoms with van der Waals surface area (Å²) in [5.74, 6) is -1.46. The second-order valence-corrected chi connectivity index (χ2v) is 6.56. The average molecular weight is 313 g/mol. The Morgan fingerprint density at radius 2 is 1.90 bits per heavy atom. The molecule has 2 N–H and O–H groups in total. The number of hydrogen-bond acceptors (Lipinski definition) is 5. The number of benzene rings is 1. The van der Waals surface area contributed by atoms with Gasteiger partial charge in [-0.1, -0.05) is 12.1 Å². The van der Waals surface area contributed by atoms with Crippen LogP contribution in [0.3, 0.4) is 0 Å². The number of sulfonamides is 1. The van der Waals surface area contributed by atoms with Crippen molar-refractivity contribution in [3.63, 3.8) is 0 Å². The molecule has 0 bridgehead atoms. The summed E-state index contributed by atoms with van der Waals surface area (Å²) in [6.07, 6.45) is 0.0626. The second kappa shape index (κ2) is 5.55. The molecule has 1 saturated heterocycles. The molecule has 0 spiro atoms. The van der Waals surface area contributed by atoms with Crippen molar-refractivity contribution < 1.29 is 27.9 Å². The van der Waals surface area contributed by atoms with Crippen LogP contribution in [0.15, 0.2) is 29.2 Å². The summed E-state index contributed by atoms with van der Waals surface area (Å²) in [5.41, 5.74) is -1.26. The zero-order valence-electron chi connectivity index (χ0n) is 11.3. The third-order valence-corrected chi connectivity index (χ3v) is 4.88. The van der Waals surface area contributed by atoms with Crippen LogP contribution in [-0.4, -0.2) is 44.0 Å². The van der Waals surface area contributed by atoms with Crippen molar-refractivity contribution in [1.29, 1.82) is 0 Å². The number of carbonyl (C=O) groups excluding carboxylic acids is 1. The van der Waals surface area contributed by atoms with Gasteiger partial charge in [0.05, 0.1) is 11.5 Å². The molecule has 0 aromatic heterocycles. The first-order chi connectivity index (χ1) is 9.77. The fourth-order valence-electron chi connectivity index (χ4n) is 2.04. The highest BCUT2D eigenvalue weighted by Crippen LogP contribution is 2.22. The highest BCUT2D eigenvalue weighted by atomic mass is 32.2. The zero-order valence-corrected chi connectivity index (χ0v) is 12.1. The van der Waals surface area contributed by atoms with Gasteiger partial charge in [-0.2, -0.15) is 4.72 Å². The maximum absolute atomic E-state index is 12.3. The topological polar surface area (TPSA) is 110 Å². The third-order valence-electron chi connectivity index (χ3n) is 3.33. The molecular formula is C13H15NO6S. The Morgan fingerprint density at radius 3 is 2.33 bits per heavy atom. The van der Waals surface area contributed by atoms with Gasteiger partial charge in [0, 0.05) is 18.6 Å². The fourth-order valence-corrected chi connectivity index (χ4v) is 3.42. The number of Topliss-reactive ketones (excluding diaryl/α,β-unsaturated/α-hetero) is 1. The van der Waals surface area contributed by atoms with Crippen LogP contribution >= 0.6 is 0 Å². The molecule has 2 rings (SSSR count). The highest BCUT2D eigenvalue weighted by molar-refractivity contribution is 7.89. The molecule has 1 aliphatic heterocycles. The Morgan fingerprint density at radius 1 is 1.29 bits per heavy atom. The normalized spacial score (nSPS) is 22.1. The van der Waals surface area contributed by atoms with E-state index >= 15 is 0 Å². The van der Waals surface area contributed by atoms with E-state index in [1.54, 1.807) is 0 Å². The first-order valence-corrected chi connectivity index (χ1v) is 7.71. The van der Waals surface area contributed by atoms with Gasteiger partial charge in [0.1, 0.15) is 0 Å². The fraction of sp³-hybridized carbons (Fsp3) is 0.385. The SMILES string of the molecule is CC(=O)c1ccc(S(=O)(=O)NC2(C(=O)O)CCOC2)cc1. The van der Waals surface area contributed by atoms with Crippen molar-refractivity contribution in [2.75, 3.05) is 13.2 Å². The van der Waals surface area contributed by atoms with E-state index in [-0.39, 0.29) is 30.3 Å². The van der Waals surface area contributed by atoms with Gasteiger partial charge in [-0.25, -0.2) is 8.42 Å². The lowest BCUT2D eigenvalue weighted by Gasteiger charge is -2.23. The number of hydrogen-bond donors (Lipinski definition) is 2. The van der Waals surface area contributed by atoms with Gasteiger partial charge in [0.25, 0.3) is 0 Å². The maximum atomic E-state index is 12.3.